The predicted molar refractivity (Wildman–Crippen MR) is 85.7 cm³/mol. The number of ether oxygens (including phenoxy) is 2. The van der Waals surface area contributed by atoms with E-state index >= 15 is 0 Å². The van der Waals surface area contributed by atoms with Gasteiger partial charge >= 0.3 is 11.7 Å². The molecule has 7 nitrogen and oxygen atoms in total. The lowest BCUT2D eigenvalue weighted by molar-refractivity contribution is -0.385. The number of hydrogen-bond donors (Lipinski definition) is 0. The molecular weight excluding hydrogens is 338 g/mol. The van der Waals surface area contributed by atoms with E-state index in [-0.39, 0.29) is 21.9 Å². The molecule has 0 spiro atoms. The van der Waals surface area contributed by atoms with Gasteiger partial charge in [0.05, 0.1) is 22.6 Å². The maximum absolute atomic E-state index is 12.1. The van der Waals surface area contributed by atoms with Crippen molar-refractivity contribution in [1.82, 2.24) is 0 Å². The van der Waals surface area contributed by atoms with Crippen molar-refractivity contribution in [3.05, 3.63) is 68.7 Å². The molecule has 0 saturated heterocycles. The Balaban J connectivity index is 2.20. The fraction of sp³-hybridized carbons (Fsp3) is 0.125. The van der Waals surface area contributed by atoms with E-state index in [9.17, 15) is 19.7 Å². The Labute approximate surface area is 141 Å². The van der Waals surface area contributed by atoms with Gasteiger partial charge in [0.25, 0.3) is 0 Å². The van der Waals surface area contributed by atoms with Gasteiger partial charge in [-0.3, -0.25) is 14.9 Å². The van der Waals surface area contributed by atoms with Crippen molar-refractivity contribution >= 4 is 29.0 Å². The molecule has 0 fully saturated rings. The van der Waals surface area contributed by atoms with Crippen molar-refractivity contribution in [3.63, 3.8) is 0 Å². The molecule has 0 heterocycles. The number of hydrogen-bond acceptors (Lipinski definition) is 6. The minimum Gasteiger partial charge on any atom is -0.478 e. The van der Waals surface area contributed by atoms with Crippen LogP contribution in [0.25, 0.3) is 0 Å². The monoisotopic (exact) mass is 349 g/mol. The van der Waals surface area contributed by atoms with Gasteiger partial charge in [0.2, 0.25) is 5.78 Å². The molecule has 2 aromatic rings. The summed E-state index contributed by atoms with van der Waals surface area (Å²) < 4.78 is 9.75. The minimum atomic E-state index is -0.711. The van der Waals surface area contributed by atoms with Crippen LogP contribution in [-0.2, 0) is 4.74 Å². The molecule has 0 aliphatic rings. The van der Waals surface area contributed by atoms with Crippen LogP contribution in [0.2, 0.25) is 5.02 Å². The Morgan fingerprint density at radius 1 is 1.21 bits per heavy atom. The average Bonchev–Trinajstić information content (AvgIpc) is 2.59. The first-order valence-corrected chi connectivity index (χ1v) is 7.09. The fourth-order valence-corrected chi connectivity index (χ4v) is 2.18. The summed E-state index contributed by atoms with van der Waals surface area (Å²) in [5.74, 6) is -1.27. The molecule has 124 valence electrons. The van der Waals surface area contributed by atoms with Crippen LogP contribution in [0.4, 0.5) is 5.69 Å². The van der Waals surface area contributed by atoms with E-state index in [4.69, 9.17) is 16.3 Å². The number of carbonyl (C=O) groups is 2. The van der Waals surface area contributed by atoms with E-state index in [1.165, 1.54) is 25.3 Å². The molecule has 0 bridgehead atoms. The van der Waals surface area contributed by atoms with E-state index in [0.29, 0.717) is 0 Å². The molecule has 0 radical (unpaired) electrons. The minimum absolute atomic E-state index is 0.00832. The number of esters is 1. The molecule has 2 aromatic carbocycles. The zero-order valence-corrected chi connectivity index (χ0v) is 13.3. The molecular formula is C16H12ClNO6. The van der Waals surface area contributed by atoms with Gasteiger partial charge in [-0.25, -0.2) is 4.79 Å². The van der Waals surface area contributed by atoms with Crippen LogP contribution in [-0.4, -0.2) is 30.4 Å². The lowest BCUT2D eigenvalue weighted by Crippen LogP contribution is -2.13. The summed E-state index contributed by atoms with van der Waals surface area (Å²) in [6.07, 6.45) is 0. The molecule has 0 aromatic heterocycles. The number of carbonyl (C=O) groups excluding carboxylic acids is 2. The van der Waals surface area contributed by atoms with Crippen LogP contribution in [0, 0.1) is 10.1 Å². The molecule has 0 unspecified atom stereocenters. The van der Waals surface area contributed by atoms with Crippen LogP contribution in [0.1, 0.15) is 20.7 Å². The lowest BCUT2D eigenvalue weighted by Gasteiger charge is -2.08. The number of methoxy groups -OCH3 is 1. The standard InChI is InChI=1S/C16H12ClNO6/c1-23-16(20)10-6-7-15(13(8-10)18(21)22)24-9-14(19)11-4-2-3-5-12(11)17/h2-8H,9H2,1H3. The first-order valence-electron chi connectivity index (χ1n) is 6.71. The number of nitro benzene ring substituents is 1. The first kappa shape index (κ1) is 17.4. The second-order valence-electron chi connectivity index (χ2n) is 4.62. The number of benzene rings is 2. The van der Waals surface area contributed by atoms with Crippen molar-refractivity contribution in [2.75, 3.05) is 13.7 Å². The van der Waals surface area contributed by atoms with Crippen molar-refractivity contribution in [2.24, 2.45) is 0 Å². The second kappa shape index (κ2) is 7.56. The summed E-state index contributed by atoms with van der Waals surface area (Å²) in [6, 6.07) is 9.99. The highest BCUT2D eigenvalue weighted by atomic mass is 35.5. The summed E-state index contributed by atoms with van der Waals surface area (Å²) in [5, 5.41) is 11.4. The smallest absolute Gasteiger partial charge is 0.338 e. The Hall–Kier alpha value is -2.93. The van der Waals surface area contributed by atoms with E-state index < -0.39 is 29.0 Å². The van der Waals surface area contributed by atoms with Crippen LogP contribution in [0.15, 0.2) is 42.5 Å². The highest BCUT2D eigenvalue weighted by Crippen LogP contribution is 2.28. The lowest BCUT2D eigenvalue weighted by atomic mass is 10.1. The number of halogens is 1. The van der Waals surface area contributed by atoms with Gasteiger partial charge in [0, 0.05) is 11.6 Å². The van der Waals surface area contributed by atoms with Crippen molar-refractivity contribution in [3.8, 4) is 5.75 Å². The van der Waals surface area contributed by atoms with Crippen LogP contribution < -0.4 is 4.74 Å². The van der Waals surface area contributed by atoms with Gasteiger partial charge in [-0.05, 0) is 24.3 Å². The van der Waals surface area contributed by atoms with Crippen LogP contribution >= 0.6 is 11.6 Å². The van der Waals surface area contributed by atoms with Gasteiger partial charge in [-0.15, -0.1) is 0 Å². The quantitative estimate of drug-likeness (QED) is 0.343. The predicted octanol–water partition coefficient (Wildman–Crippen LogP) is 3.30. The number of nitrogens with zero attached hydrogens (tertiary/aromatic N) is 1. The molecule has 2 rings (SSSR count). The Morgan fingerprint density at radius 3 is 2.54 bits per heavy atom. The molecule has 0 aliphatic carbocycles. The SMILES string of the molecule is COC(=O)c1ccc(OCC(=O)c2ccccc2Cl)c([N+](=O)[O-])c1. The van der Waals surface area contributed by atoms with Crippen LogP contribution in [0.3, 0.4) is 0 Å². The Morgan fingerprint density at radius 2 is 1.92 bits per heavy atom. The summed E-state index contributed by atoms with van der Waals surface area (Å²) in [4.78, 5) is 33.9. The Kier molecular flexibility index (Phi) is 5.49. The van der Waals surface area contributed by atoms with E-state index in [0.717, 1.165) is 6.07 Å². The highest BCUT2D eigenvalue weighted by Gasteiger charge is 2.20. The largest absolute Gasteiger partial charge is 0.478 e. The summed E-state index contributed by atoms with van der Waals surface area (Å²) in [6.45, 7) is -0.428. The first-order chi connectivity index (χ1) is 11.4. The maximum Gasteiger partial charge on any atom is 0.338 e. The number of nitro groups is 1. The molecule has 0 aliphatic heterocycles. The molecule has 0 saturated carbocycles. The van der Waals surface area contributed by atoms with Crippen molar-refractivity contribution < 1.29 is 24.0 Å². The highest BCUT2D eigenvalue weighted by molar-refractivity contribution is 6.34. The van der Waals surface area contributed by atoms with Gasteiger partial charge in [0.15, 0.2) is 12.4 Å². The van der Waals surface area contributed by atoms with E-state index in [2.05, 4.69) is 4.74 Å². The molecule has 24 heavy (non-hydrogen) atoms. The van der Waals surface area contributed by atoms with E-state index in [1.54, 1.807) is 18.2 Å². The van der Waals surface area contributed by atoms with Gasteiger partial charge in [0.1, 0.15) is 0 Å². The maximum atomic E-state index is 12.1. The number of Topliss-reactive ketones (excluding diaryl/α,β-unsaturated/α-hetero) is 1. The van der Waals surface area contributed by atoms with Crippen molar-refractivity contribution in [2.45, 2.75) is 0 Å². The summed E-state index contributed by atoms with van der Waals surface area (Å²) in [7, 11) is 1.17. The third kappa shape index (κ3) is 3.88. The van der Waals surface area contributed by atoms with E-state index in [1.807, 2.05) is 0 Å². The fourth-order valence-electron chi connectivity index (χ4n) is 1.94. The number of ketones is 1. The molecule has 0 atom stereocenters. The Bertz CT molecular complexity index is 805. The van der Waals surface area contributed by atoms with Gasteiger partial charge in [-0.2, -0.15) is 0 Å². The van der Waals surface area contributed by atoms with Gasteiger partial charge < -0.3 is 9.47 Å². The van der Waals surface area contributed by atoms with Crippen molar-refractivity contribution in [1.29, 1.82) is 0 Å². The average molecular weight is 350 g/mol. The third-order valence-electron chi connectivity index (χ3n) is 3.11. The van der Waals surface area contributed by atoms with Gasteiger partial charge in [-0.1, -0.05) is 23.7 Å². The zero-order chi connectivity index (χ0) is 17.7. The molecule has 8 heteroatoms. The zero-order valence-electron chi connectivity index (χ0n) is 12.5. The topological polar surface area (TPSA) is 95.7 Å². The summed E-state index contributed by atoms with van der Waals surface area (Å²) in [5.41, 5.74) is -0.174. The third-order valence-corrected chi connectivity index (χ3v) is 3.44. The number of rotatable bonds is 6. The molecule has 0 amide bonds. The molecule has 0 N–H and O–H groups in total. The summed E-state index contributed by atoms with van der Waals surface area (Å²) >= 11 is 5.92. The normalized spacial score (nSPS) is 10.1. The van der Waals surface area contributed by atoms with Crippen LogP contribution in [0.5, 0.6) is 5.75 Å². The second-order valence-corrected chi connectivity index (χ2v) is 5.03.